The summed E-state index contributed by atoms with van der Waals surface area (Å²) < 4.78 is 41.5. The second-order valence-corrected chi connectivity index (χ2v) is 5.63. The molecule has 0 saturated heterocycles. The van der Waals surface area contributed by atoms with Gasteiger partial charge in [-0.2, -0.15) is 13.2 Å². The molecule has 0 fully saturated rings. The standard InChI is InChI=1S/C15H16F3N7O/c1-24-12-3-2-9(15(16,17)18)6-10(12)21-13(24)7-20-14(26)11-8-25(5-4-19)23-22-11/h2-3,6,8H,4-5,7,19H2,1H3,(H,20,26). The number of nitrogens with two attached hydrogens (primary N) is 1. The number of benzene rings is 1. The van der Waals surface area contributed by atoms with Gasteiger partial charge in [0.15, 0.2) is 5.69 Å². The minimum atomic E-state index is -4.44. The molecular weight excluding hydrogens is 351 g/mol. The first-order valence-electron chi connectivity index (χ1n) is 7.70. The van der Waals surface area contributed by atoms with Crippen molar-refractivity contribution in [2.24, 2.45) is 12.8 Å². The molecule has 138 valence electrons. The zero-order valence-electron chi connectivity index (χ0n) is 13.8. The van der Waals surface area contributed by atoms with Crippen LogP contribution in [-0.4, -0.2) is 37.0 Å². The van der Waals surface area contributed by atoms with E-state index in [4.69, 9.17) is 5.73 Å². The third-order valence-corrected chi connectivity index (χ3v) is 3.84. The van der Waals surface area contributed by atoms with E-state index in [1.54, 1.807) is 11.6 Å². The smallest absolute Gasteiger partial charge is 0.343 e. The van der Waals surface area contributed by atoms with Crippen LogP contribution >= 0.6 is 0 Å². The lowest BCUT2D eigenvalue weighted by atomic mass is 10.2. The highest BCUT2D eigenvalue weighted by molar-refractivity contribution is 5.91. The van der Waals surface area contributed by atoms with Gasteiger partial charge >= 0.3 is 6.18 Å². The molecule has 0 aliphatic rings. The van der Waals surface area contributed by atoms with Gasteiger partial charge in [-0.15, -0.1) is 5.10 Å². The van der Waals surface area contributed by atoms with Crippen molar-refractivity contribution in [3.63, 3.8) is 0 Å². The molecule has 0 radical (unpaired) electrons. The zero-order chi connectivity index (χ0) is 18.9. The first-order chi connectivity index (χ1) is 12.3. The lowest BCUT2D eigenvalue weighted by Gasteiger charge is -2.06. The molecule has 0 saturated carbocycles. The molecule has 0 spiro atoms. The van der Waals surface area contributed by atoms with Gasteiger partial charge < -0.3 is 15.6 Å². The van der Waals surface area contributed by atoms with Crippen LogP contribution in [0.2, 0.25) is 0 Å². The number of aryl methyl sites for hydroxylation is 1. The number of carbonyl (C=O) groups excluding carboxylic acids is 1. The van der Waals surface area contributed by atoms with Gasteiger partial charge in [-0.1, -0.05) is 5.21 Å². The molecule has 2 aromatic heterocycles. The maximum absolute atomic E-state index is 12.8. The Kier molecular flexibility index (Phi) is 4.64. The van der Waals surface area contributed by atoms with E-state index in [1.165, 1.54) is 16.9 Å². The van der Waals surface area contributed by atoms with Gasteiger partial charge in [0, 0.05) is 13.6 Å². The number of halogens is 3. The summed E-state index contributed by atoms with van der Waals surface area (Å²) in [7, 11) is 1.67. The fourth-order valence-electron chi connectivity index (χ4n) is 2.48. The van der Waals surface area contributed by atoms with Crippen LogP contribution in [-0.2, 0) is 26.3 Å². The van der Waals surface area contributed by atoms with Crippen molar-refractivity contribution < 1.29 is 18.0 Å². The molecule has 3 aromatic rings. The molecule has 1 amide bonds. The number of alkyl halides is 3. The SMILES string of the molecule is Cn1c(CNC(=O)c2cn(CCN)nn2)nc2cc(C(F)(F)F)ccc21. The molecule has 1 aromatic carbocycles. The van der Waals surface area contributed by atoms with Crippen molar-refractivity contribution in [1.82, 2.24) is 29.9 Å². The van der Waals surface area contributed by atoms with E-state index < -0.39 is 17.6 Å². The fraction of sp³-hybridized carbons (Fsp3) is 0.333. The first-order valence-corrected chi connectivity index (χ1v) is 7.70. The molecule has 0 bridgehead atoms. The first kappa shape index (κ1) is 17.9. The number of nitrogens with one attached hydrogen (secondary N) is 1. The highest BCUT2D eigenvalue weighted by atomic mass is 19.4. The Labute approximate surface area is 145 Å². The number of fused-ring (bicyclic) bond motifs is 1. The topological polar surface area (TPSA) is 104 Å². The molecule has 3 N–H and O–H groups in total. The number of nitrogens with zero attached hydrogens (tertiary/aromatic N) is 5. The summed E-state index contributed by atoms with van der Waals surface area (Å²) >= 11 is 0. The number of aromatic nitrogens is 5. The van der Waals surface area contributed by atoms with E-state index in [0.29, 0.717) is 24.4 Å². The normalized spacial score (nSPS) is 11.9. The van der Waals surface area contributed by atoms with E-state index >= 15 is 0 Å². The molecule has 3 rings (SSSR count). The number of amides is 1. The minimum absolute atomic E-state index is 0.0368. The highest BCUT2D eigenvalue weighted by Crippen LogP contribution is 2.31. The van der Waals surface area contributed by atoms with Gasteiger partial charge in [0.25, 0.3) is 5.91 Å². The van der Waals surface area contributed by atoms with Gasteiger partial charge in [-0.05, 0) is 18.2 Å². The number of carbonyl (C=O) groups is 1. The van der Waals surface area contributed by atoms with E-state index in [2.05, 4.69) is 20.6 Å². The molecule has 0 aliphatic heterocycles. The lowest BCUT2D eigenvalue weighted by molar-refractivity contribution is -0.137. The third-order valence-electron chi connectivity index (χ3n) is 3.84. The summed E-state index contributed by atoms with van der Waals surface area (Å²) in [4.78, 5) is 16.3. The second-order valence-electron chi connectivity index (χ2n) is 5.63. The van der Waals surface area contributed by atoms with Crippen molar-refractivity contribution in [2.45, 2.75) is 19.3 Å². The molecule has 0 aliphatic carbocycles. The fourth-order valence-corrected chi connectivity index (χ4v) is 2.48. The Morgan fingerprint density at radius 2 is 2.12 bits per heavy atom. The lowest BCUT2D eigenvalue weighted by Crippen LogP contribution is -2.24. The summed E-state index contributed by atoms with van der Waals surface area (Å²) in [6, 6.07) is 3.34. The molecule has 26 heavy (non-hydrogen) atoms. The van der Waals surface area contributed by atoms with Crippen LogP contribution in [0.5, 0.6) is 0 Å². The molecule has 0 unspecified atom stereocenters. The van der Waals surface area contributed by atoms with Crippen LogP contribution < -0.4 is 11.1 Å². The van der Waals surface area contributed by atoms with Crippen LogP contribution in [0, 0.1) is 0 Å². The number of hydrogen-bond acceptors (Lipinski definition) is 5. The summed E-state index contributed by atoms with van der Waals surface area (Å²) in [5.74, 6) is -0.0432. The molecule has 11 heteroatoms. The Hall–Kier alpha value is -2.95. The average Bonchev–Trinajstić information content (AvgIpc) is 3.17. The highest BCUT2D eigenvalue weighted by Gasteiger charge is 2.31. The van der Waals surface area contributed by atoms with Gasteiger partial charge in [0.1, 0.15) is 5.82 Å². The second kappa shape index (κ2) is 6.75. The number of hydrogen-bond donors (Lipinski definition) is 2. The monoisotopic (exact) mass is 367 g/mol. The van der Waals surface area contributed by atoms with E-state index in [1.807, 2.05) is 0 Å². The Morgan fingerprint density at radius 3 is 2.81 bits per heavy atom. The van der Waals surface area contributed by atoms with Crippen molar-refractivity contribution in [2.75, 3.05) is 6.54 Å². The van der Waals surface area contributed by atoms with Crippen molar-refractivity contribution in [3.05, 3.63) is 41.5 Å². The van der Waals surface area contributed by atoms with Crippen molar-refractivity contribution in [3.8, 4) is 0 Å². The molecule has 0 atom stereocenters. The van der Waals surface area contributed by atoms with Gasteiger partial charge in [0.05, 0.1) is 35.9 Å². The van der Waals surface area contributed by atoms with E-state index in [0.717, 1.165) is 12.1 Å². The third kappa shape index (κ3) is 3.52. The predicted molar refractivity (Wildman–Crippen MR) is 86.0 cm³/mol. The van der Waals surface area contributed by atoms with Crippen molar-refractivity contribution in [1.29, 1.82) is 0 Å². The summed E-state index contributed by atoms with van der Waals surface area (Å²) in [6.45, 7) is 0.839. The van der Waals surface area contributed by atoms with Gasteiger partial charge in [-0.3, -0.25) is 9.48 Å². The minimum Gasteiger partial charge on any atom is -0.343 e. The molecule has 8 nitrogen and oxygen atoms in total. The number of rotatable bonds is 5. The summed E-state index contributed by atoms with van der Waals surface area (Å²) in [6.07, 6.45) is -2.97. The Morgan fingerprint density at radius 1 is 1.35 bits per heavy atom. The molecular formula is C15H16F3N7O. The Balaban J connectivity index is 1.76. The van der Waals surface area contributed by atoms with E-state index in [-0.39, 0.29) is 17.8 Å². The predicted octanol–water partition coefficient (Wildman–Crippen LogP) is 1.07. The van der Waals surface area contributed by atoms with Crippen LogP contribution in [0.25, 0.3) is 11.0 Å². The summed E-state index contributed by atoms with van der Waals surface area (Å²) in [5.41, 5.74) is 5.50. The van der Waals surface area contributed by atoms with Crippen LogP contribution in [0.15, 0.2) is 24.4 Å². The maximum atomic E-state index is 12.8. The summed E-state index contributed by atoms with van der Waals surface area (Å²) in [5, 5.41) is 10.1. The largest absolute Gasteiger partial charge is 0.416 e. The zero-order valence-corrected chi connectivity index (χ0v) is 13.8. The number of imidazole rings is 1. The Bertz CT molecular complexity index is 945. The van der Waals surface area contributed by atoms with Gasteiger partial charge in [0.2, 0.25) is 0 Å². The average molecular weight is 367 g/mol. The quantitative estimate of drug-likeness (QED) is 0.702. The van der Waals surface area contributed by atoms with Crippen molar-refractivity contribution >= 4 is 16.9 Å². The molecule has 2 heterocycles. The van der Waals surface area contributed by atoms with Gasteiger partial charge in [-0.25, -0.2) is 4.98 Å². The van der Waals surface area contributed by atoms with Crippen LogP contribution in [0.4, 0.5) is 13.2 Å². The van der Waals surface area contributed by atoms with Crippen LogP contribution in [0.3, 0.4) is 0 Å². The van der Waals surface area contributed by atoms with E-state index in [9.17, 15) is 18.0 Å². The maximum Gasteiger partial charge on any atom is 0.416 e. The van der Waals surface area contributed by atoms with Crippen LogP contribution in [0.1, 0.15) is 21.9 Å².